The molecule has 0 aromatic carbocycles. The Morgan fingerprint density at radius 2 is 1.54 bits per heavy atom. The van der Waals surface area contributed by atoms with Gasteiger partial charge in [-0.1, -0.05) is 46.8 Å². The maximum absolute atomic E-state index is 12.6. The first kappa shape index (κ1) is 25.5. The van der Waals surface area contributed by atoms with Gasteiger partial charge in [-0.15, -0.1) is 0 Å². The molecule has 7 unspecified atom stereocenters. The number of hydrogen-bond acceptors (Lipinski definition) is 3. The van der Waals surface area contributed by atoms with E-state index in [0.717, 1.165) is 32.1 Å². The highest BCUT2D eigenvalue weighted by molar-refractivity contribution is 5.66. The summed E-state index contributed by atoms with van der Waals surface area (Å²) in [6.45, 7) is 20.8. The van der Waals surface area contributed by atoms with Crippen molar-refractivity contribution in [1.82, 2.24) is 0 Å². The molecule has 196 valence electrons. The number of carbonyl (C=O) groups excluding carboxylic acids is 2. The van der Waals surface area contributed by atoms with Gasteiger partial charge < -0.3 is 9.53 Å². The first-order chi connectivity index (χ1) is 16.3. The van der Waals surface area contributed by atoms with Crippen LogP contribution in [0.5, 0.6) is 0 Å². The van der Waals surface area contributed by atoms with Crippen LogP contribution in [-0.2, 0) is 14.3 Å². The third-order valence-corrected chi connectivity index (χ3v) is 13.6. The van der Waals surface area contributed by atoms with Crippen LogP contribution < -0.4 is 0 Å². The van der Waals surface area contributed by atoms with Crippen molar-refractivity contribution in [1.29, 1.82) is 0 Å². The van der Waals surface area contributed by atoms with Crippen LogP contribution in [0.15, 0.2) is 12.2 Å². The van der Waals surface area contributed by atoms with Gasteiger partial charge in [-0.2, -0.15) is 0 Å². The monoisotopic (exact) mass is 482 g/mol. The molecule has 10 atom stereocenters. The quantitative estimate of drug-likeness (QED) is 0.234. The van der Waals surface area contributed by atoms with Gasteiger partial charge in [0.2, 0.25) is 0 Å². The second kappa shape index (κ2) is 7.94. The molecule has 5 aliphatic rings. The SMILES string of the molecule is C=C(C)C1CCC2(C=O)CC[C@]3(C)C(CCC4[C@@]5(C)CCC(OC(C)=O)C(C)(C)C5CC[C@]43C)C12. The molecule has 5 rings (SSSR count). The molecule has 0 bridgehead atoms. The molecular formula is C32H50O3. The van der Waals surface area contributed by atoms with Crippen LogP contribution in [0.2, 0.25) is 0 Å². The lowest BCUT2D eigenvalue weighted by molar-refractivity contribution is -0.247. The third-order valence-electron chi connectivity index (χ3n) is 13.6. The molecule has 0 aliphatic heterocycles. The van der Waals surface area contributed by atoms with E-state index in [1.165, 1.54) is 44.0 Å². The molecule has 0 heterocycles. The smallest absolute Gasteiger partial charge is 0.302 e. The average molecular weight is 483 g/mol. The summed E-state index contributed by atoms with van der Waals surface area (Å²) in [6.07, 6.45) is 13.1. The van der Waals surface area contributed by atoms with Crippen LogP contribution in [-0.4, -0.2) is 18.4 Å². The van der Waals surface area contributed by atoms with E-state index in [-0.39, 0.29) is 33.7 Å². The number of carbonyl (C=O) groups is 2. The standard InChI is InChI=1S/C32H50O3/c1-20(2)22-11-16-32(19-33)18-17-30(7)23(27(22)32)9-10-25-29(6)14-13-26(35-21(3)34)28(4,5)24(29)12-15-31(25,30)8/h19,22-27H,1,9-18H2,2-8H3/t22?,23?,24?,25?,26?,27?,29-,30+,31+,32?/m0/s1. The number of ether oxygens (including phenoxy) is 1. The van der Waals surface area contributed by atoms with Gasteiger partial charge in [0.1, 0.15) is 12.4 Å². The van der Waals surface area contributed by atoms with E-state index in [1.54, 1.807) is 6.92 Å². The minimum absolute atomic E-state index is 0.00743. The molecule has 0 spiro atoms. The summed E-state index contributed by atoms with van der Waals surface area (Å²) in [5.74, 6) is 2.76. The zero-order valence-corrected chi connectivity index (χ0v) is 23.5. The third kappa shape index (κ3) is 3.21. The van der Waals surface area contributed by atoms with E-state index in [0.29, 0.717) is 35.0 Å². The number of esters is 1. The van der Waals surface area contributed by atoms with E-state index in [2.05, 4.69) is 48.1 Å². The second-order valence-corrected chi connectivity index (χ2v) is 15.0. The highest BCUT2D eigenvalue weighted by Crippen LogP contribution is 2.77. The Kier molecular flexibility index (Phi) is 5.79. The van der Waals surface area contributed by atoms with Crippen molar-refractivity contribution < 1.29 is 14.3 Å². The second-order valence-electron chi connectivity index (χ2n) is 15.0. The highest BCUT2D eigenvalue weighted by Gasteiger charge is 2.71. The molecule has 5 aliphatic carbocycles. The summed E-state index contributed by atoms with van der Waals surface area (Å²) in [5, 5.41) is 0. The van der Waals surface area contributed by atoms with Gasteiger partial charge in [-0.05, 0) is 117 Å². The summed E-state index contributed by atoms with van der Waals surface area (Å²) in [5.41, 5.74) is 2.05. The molecule has 0 aromatic heterocycles. The Bertz CT molecular complexity index is 920. The number of aldehydes is 1. The lowest BCUT2D eigenvalue weighted by Crippen LogP contribution is -2.66. The van der Waals surface area contributed by atoms with Crippen LogP contribution >= 0.6 is 0 Å². The average Bonchev–Trinajstić information content (AvgIpc) is 3.16. The molecule has 3 heteroatoms. The zero-order valence-electron chi connectivity index (χ0n) is 23.5. The Labute approximate surface area is 214 Å². The number of allylic oxidation sites excluding steroid dienone is 1. The van der Waals surface area contributed by atoms with Crippen molar-refractivity contribution >= 4 is 12.3 Å². The molecule has 3 nitrogen and oxygen atoms in total. The molecule has 0 N–H and O–H groups in total. The lowest BCUT2D eigenvalue weighted by Gasteiger charge is -2.72. The maximum Gasteiger partial charge on any atom is 0.302 e. The summed E-state index contributed by atoms with van der Waals surface area (Å²) >= 11 is 0. The first-order valence-electron chi connectivity index (χ1n) is 14.6. The van der Waals surface area contributed by atoms with Crippen molar-refractivity contribution in [3.63, 3.8) is 0 Å². The Balaban J connectivity index is 1.51. The normalized spacial score (nSPS) is 52.3. The molecule has 0 aromatic rings. The topological polar surface area (TPSA) is 43.4 Å². The van der Waals surface area contributed by atoms with Gasteiger partial charge in [-0.25, -0.2) is 0 Å². The van der Waals surface area contributed by atoms with Crippen molar-refractivity contribution in [2.75, 3.05) is 0 Å². The van der Waals surface area contributed by atoms with Crippen LogP contribution in [0.1, 0.15) is 113 Å². The van der Waals surface area contributed by atoms with E-state index < -0.39 is 0 Å². The Morgan fingerprint density at radius 1 is 0.829 bits per heavy atom. The van der Waals surface area contributed by atoms with Crippen molar-refractivity contribution in [3.05, 3.63) is 12.2 Å². The fraction of sp³-hybridized carbons (Fsp3) is 0.875. The van der Waals surface area contributed by atoms with Crippen LogP contribution in [0.25, 0.3) is 0 Å². The van der Waals surface area contributed by atoms with Crippen molar-refractivity contribution in [2.24, 2.45) is 56.7 Å². The predicted molar refractivity (Wildman–Crippen MR) is 141 cm³/mol. The Morgan fingerprint density at radius 3 is 2.17 bits per heavy atom. The molecule has 0 amide bonds. The number of rotatable bonds is 3. The Hall–Kier alpha value is -1.12. The minimum Gasteiger partial charge on any atom is -0.462 e. The summed E-state index contributed by atoms with van der Waals surface area (Å²) in [4.78, 5) is 24.5. The summed E-state index contributed by atoms with van der Waals surface area (Å²) in [7, 11) is 0. The van der Waals surface area contributed by atoms with Gasteiger partial charge in [0, 0.05) is 17.8 Å². The van der Waals surface area contributed by atoms with Gasteiger partial charge in [0.15, 0.2) is 0 Å². The van der Waals surface area contributed by atoms with Crippen LogP contribution in [0.4, 0.5) is 0 Å². The minimum atomic E-state index is -0.134. The summed E-state index contributed by atoms with van der Waals surface area (Å²) in [6, 6.07) is 0. The van der Waals surface area contributed by atoms with Crippen LogP contribution in [0, 0.1) is 56.7 Å². The van der Waals surface area contributed by atoms with Gasteiger partial charge in [0.05, 0.1) is 0 Å². The van der Waals surface area contributed by atoms with E-state index in [4.69, 9.17) is 4.74 Å². The van der Waals surface area contributed by atoms with Crippen molar-refractivity contribution in [3.8, 4) is 0 Å². The maximum atomic E-state index is 12.6. The molecule has 5 fully saturated rings. The van der Waals surface area contributed by atoms with E-state index in [1.807, 2.05) is 0 Å². The van der Waals surface area contributed by atoms with Gasteiger partial charge in [0.25, 0.3) is 0 Å². The summed E-state index contributed by atoms with van der Waals surface area (Å²) < 4.78 is 5.89. The molecule has 35 heavy (non-hydrogen) atoms. The largest absolute Gasteiger partial charge is 0.462 e. The van der Waals surface area contributed by atoms with Crippen LogP contribution in [0.3, 0.4) is 0 Å². The predicted octanol–water partition coefficient (Wildman–Crippen LogP) is 7.77. The zero-order chi connectivity index (χ0) is 25.6. The fourth-order valence-electron chi connectivity index (χ4n) is 11.8. The highest BCUT2D eigenvalue weighted by atomic mass is 16.5. The number of hydrogen-bond donors (Lipinski definition) is 0. The molecule has 0 saturated heterocycles. The van der Waals surface area contributed by atoms with Crippen molar-refractivity contribution in [2.45, 2.75) is 119 Å². The molecule has 0 radical (unpaired) electrons. The van der Waals surface area contributed by atoms with Gasteiger partial charge >= 0.3 is 5.97 Å². The lowest BCUT2D eigenvalue weighted by atomic mass is 9.32. The molecule has 5 saturated carbocycles. The first-order valence-corrected chi connectivity index (χ1v) is 14.6. The fourth-order valence-corrected chi connectivity index (χ4v) is 11.8. The van der Waals surface area contributed by atoms with E-state index >= 15 is 0 Å². The number of fused-ring (bicyclic) bond motifs is 7. The van der Waals surface area contributed by atoms with E-state index in [9.17, 15) is 9.59 Å². The molecular weight excluding hydrogens is 432 g/mol. The van der Waals surface area contributed by atoms with Gasteiger partial charge in [-0.3, -0.25) is 4.79 Å².